The molecule has 1 N–H and O–H groups in total. The first-order chi connectivity index (χ1) is 8.65. The summed E-state index contributed by atoms with van der Waals surface area (Å²) in [6.45, 7) is 1.58. The molecule has 0 atom stereocenters. The van der Waals surface area contributed by atoms with Crippen molar-refractivity contribution in [2.45, 2.75) is 6.61 Å². The van der Waals surface area contributed by atoms with Crippen molar-refractivity contribution in [2.75, 3.05) is 31.6 Å². The quantitative estimate of drug-likeness (QED) is 0.815. The van der Waals surface area contributed by atoms with Crippen LogP contribution >= 0.6 is 0 Å². The Hall–Kier alpha value is -2.06. The average molecular weight is 245 g/mol. The van der Waals surface area contributed by atoms with Gasteiger partial charge in [-0.25, -0.2) is 0 Å². The highest BCUT2D eigenvalue weighted by atomic mass is 16.3. The molecule has 5 nitrogen and oxygen atoms in total. The fourth-order valence-electron chi connectivity index (χ4n) is 2.01. The molecule has 0 saturated carbocycles. The monoisotopic (exact) mass is 245 g/mol. The predicted molar refractivity (Wildman–Crippen MR) is 66.9 cm³/mol. The Morgan fingerprint density at radius 1 is 1.44 bits per heavy atom. The number of carbonyl (C=O) groups is 1. The van der Waals surface area contributed by atoms with Crippen LogP contribution in [-0.4, -0.2) is 42.6 Å². The normalized spacial score (nSPS) is 15.7. The number of hydrogen-bond acceptors (Lipinski definition) is 4. The maximum absolute atomic E-state index is 11.7. The molecular weight excluding hydrogens is 230 g/mol. The number of carbonyl (C=O) groups excluding carboxylic acids is 1. The molecule has 18 heavy (non-hydrogen) atoms. The first-order valence-corrected chi connectivity index (χ1v) is 5.78. The van der Waals surface area contributed by atoms with E-state index < -0.39 is 0 Å². The van der Waals surface area contributed by atoms with E-state index in [2.05, 4.69) is 6.07 Å². The van der Waals surface area contributed by atoms with Gasteiger partial charge in [-0.3, -0.25) is 4.79 Å². The largest absolute Gasteiger partial charge is 0.392 e. The van der Waals surface area contributed by atoms with E-state index in [0.717, 1.165) is 12.2 Å². The van der Waals surface area contributed by atoms with Gasteiger partial charge in [0.15, 0.2) is 0 Å². The van der Waals surface area contributed by atoms with E-state index in [4.69, 9.17) is 10.4 Å². The summed E-state index contributed by atoms with van der Waals surface area (Å²) in [6.07, 6.45) is 0. The summed E-state index contributed by atoms with van der Waals surface area (Å²) in [4.78, 5) is 15.3. The first kappa shape index (κ1) is 12.4. The molecule has 0 aromatic heterocycles. The lowest BCUT2D eigenvalue weighted by molar-refractivity contribution is -0.129. The maximum atomic E-state index is 11.7. The molecule has 1 amide bonds. The van der Waals surface area contributed by atoms with Gasteiger partial charge in [0.1, 0.15) is 6.07 Å². The SMILES string of the molecule is CN1CCN(c2ccc(CO)cc2C#N)CC1=O. The summed E-state index contributed by atoms with van der Waals surface area (Å²) in [5.41, 5.74) is 1.96. The number of piperazine rings is 1. The van der Waals surface area contributed by atoms with E-state index in [9.17, 15) is 4.79 Å². The van der Waals surface area contributed by atoms with Crippen molar-refractivity contribution < 1.29 is 9.90 Å². The Kier molecular flexibility index (Phi) is 3.49. The lowest BCUT2D eigenvalue weighted by atomic mass is 10.1. The summed E-state index contributed by atoms with van der Waals surface area (Å²) in [5.74, 6) is 0.0522. The van der Waals surface area contributed by atoms with Crippen molar-refractivity contribution in [3.05, 3.63) is 29.3 Å². The number of aliphatic hydroxyl groups excluding tert-OH is 1. The summed E-state index contributed by atoms with van der Waals surface area (Å²) in [5, 5.41) is 18.2. The number of benzene rings is 1. The Morgan fingerprint density at radius 2 is 2.22 bits per heavy atom. The molecule has 1 fully saturated rings. The maximum Gasteiger partial charge on any atom is 0.241 e. The molecule has 0 bridgehead atoms. The number of likely N-dealkylation sites (N-methyl/N-ethyl adjacent to an activating group) is 1. The second-order valence-corrected chi connectivity index (χ2v) is 4.36. The van der Waals surface area contributed by atoms with E-state index in [1.165, 1.54) is 0 Å². The van der Waals surface area contributed by atoms with Crippen LogP contribution in [0.4, 0.5) is 5.69 Å². The number of amides is 1. The molecule has 1 aliphatic heterocycles. The number of aliphatic hydroxyl groups is 1. The summed E-state index contributed by atoms with van der Waals surface area (Å²) in [7, 11) is 1.78. The minimum absolute atomic E-state index is 0.0522. The van der Waals surface area contributed by atoms with Gasteiger partial charge >= 0.3 is 0 Å². The molecule has 5 heteroatoms. The van der Waals surface area contributed by atoms with Crippen LogP contribution in [0.3, 0.4) is 0 Å². The van der Waals surface area contributed by atoms with Gasteiger partial charge in [-0.1, -0.05) is 6.07 Å². The van der Waals surface area contributed by atoms with Crippen LogP contribution in [0.1, 0.15) is 11.1 Å². The lowest BCUT2D eigenvalue weighted by Gasteiger charge is -2.34. The van der Waals surface area contributed by atoms with Crippen LogP contribution in [0.15, 0.2) is 18.2 Å². The number of nitrogens with zero attached hydrogens (tertiary/aromatic N) is 3. The number of nitriles is 1. The summed E-state index contributed by atoms with van der Waals surface area (Å²) in [6, 6.07) is 7.35. The van der Waals surface area contributed by atoms with Gasteiger partial charge in [0.05, 0.1) is 24.4 Å². The standard InChI is InChI=1S/C13H15N3O2/c1-15-4-5-16(8-13(15)18)12-3-2-10(9-17)6-11(12)7-14/h2-3,6,17H,4-5,8-9H2,1H3. The molecule has 0 spiro atoms. The molecule has 94 valence electrons. The minimum Gasteiger partial charge on any atom is -0.392 e. The molecule has 1 heterocycles. The topological polar surface area (TPSA) is 67.6 Å². The van der Waals surface area contributed by atoms with E-state index in [1.807, 2.05) is 4.90 Å². The zero-order valence-corrected chi connectivity index (χ0v) is 10.3. The van der Waals surface area contributed by atoms with Crippen molar-refractivity contribution in [2.24, 2.45) is 0 Å². The lowest BCUT2D eigenvalue weighted by Crippen LogP contribution is -2.48. The van der Waals surface area contributed by atoms with Gasteiger partial charge < -0.3 is 14.9 Å². The number of hydrogen-bond donors (Lipinski definition) is 1. The van der Waals surface area contributed by atoms with Crippen LogP contribution in [-0.2, 0) is 11.4 Å². The van der Waals surface area contributed by atoms with Crippen molar-refractivity contribution in [3.8, 4) is 6.07 Å². The molecule has 1 aromatic carbocycles. The molecule has 1 aliphatic rings. The van der Waals surface area contributed by atoms with Crippen molar-refractivity contribution in [3.63, 3.8) is 0 Å². The van der Waals surface area contributed by atoms with Gasteiger partial charge in [-0.15, -0.1) is 0 Å². The van der Waals surface area contributed by atoms with Gasteiger partial charge in [0.2, 0.25) is 5.91 Å². The molecular formula is C13H15N3O2. The van der Waals surface area contributed by atoms with Crippen LogP contribution < -0.4 is 4.90 Å². The zero-order valence-electron chi connectivity index (χ0n) is 10.3. The highest BCUT2D eigenvalue weighted by molar-refractivity contribution is 5.83. The van der Waals surface area contributed by atoms with Crippen molar-refractivity contribution in [1.29, 1.82) is 5.26 Å². The molecule has 2 rings (SSSR count). The number of anilines is 1. The van der Waals surface area contributed by atoms with E-state index in [-0.39, 0.29) is 12.5 Å². The third-order valence-electron chi connectivity index (χ3n) is 3.16. The van der Waals surface area contributed by atoms with Gasteiger partial charge in [-0.05, 0) is 17.7 Å². The molecule has 0 unspecified atom stereocenters. The van der Waals surface area contributed by atoms with Crippen molar-refractivity contribution in [1.82, 2.24) is 4.90 Å². The summed E-state index contributed by atoms with van der Waals surface area (Å²) < 4.78 is 0. The van der Waals surface area contributed by atoms with Crippen LogP contribution in [0.5, 0.6) is 0 Å². The average Bonchev–Trinajstić information content (AvgIpc) is 2.41. The Morgan fingerprint density at radius 3 is 2.83 bits per heavy atom. The molecule has 1 saturated heterocycles. The zero-order chi connectivity index (χ0) is 13.1. The van der Waals surface area contributed by atoms with Crippen LogP contribution in [0.25, 0.3) is 0 Å². The van der Waals surface area contributed by atoms with Crippen molar-refractivity contribution >= 4 is 11.6 Å². The second-order valence-electron chi connectivity index (χ2n) is 4.36. The third-order valence-corrected chi connectivity index (χ3v) is 3.16. The van der Waals surface area contributed by atoms with Gasteiger partial charge in [-0.2, -0.15) is 5.26 Å². The summed E-state index contributed by atoms with van der Waals surface area (Å²) >= 11 is 0. The second kappa shape index (κ2) is 5.07. The molecule has 1 aromatic rings. The minimum atomic E-state index is -0.0867. The highest BCUT2D eigenvalue weighted by Gasteiger charge is 2.22. The third kappa shape index (κ3) is 2.29. The van der Waals surface area contributed by atoms with E-state index >= 15 is 0 Å². The van der Waals surface area contributed by atoms with E-state index in [0.29, 0.717) is 24.2 Å². The van der Waals surface area contributed by atoms with Crippen LogP contribution in [0, 0.1) is 11.3 Å². The smallest absolute Gasteiger partial charge is 0.241 e. The predicted octanol–water partition coefficient (Wildman–Crippen LogP) is 0.329. The Labute approximate surface area is 106 Å². The van der Waals surface area contributed by atoms with Gasteiger partial charge in [0, 0.05) is 20.1 Å². The fourth-order valence-corrected chi connectivity index (χ4v) is 2.01. The Bertz CT molecular complexity index is 507. The number of rotatable bonds is 2. The van der Waals surface area contributed by atoms with Crippen LogP contribution in [0.2, 0.25) is 0 Å². The van der Waals surface area contributed by atoms with Gasteiger partial charge in [0.25, 0.3) is 0 Å². The Balaban J connectivity index is 2.28. The fraction of sp³-hybridized carbons (Fsp3) is 0.385. The highest BCUT2D eigenvalue weighted by Crippen LogP contribution is 2.23. The van der Waals surface area contributed by atoms with E-state index in [1.54, 1.807) is 30.1 Å². The first-order valence-electron chi connectivity index (χ1n) is 5.78. The molecule has 0 aliphatic carbocycles. The molecule has 0 radical (unpaired) electrons.